The number of hydrogen-bond donors (Lipinski definition) is 1. The monoisotopic (exact) mass is 184 g/mol. The summed E-state index contributed by atoms with van der Waals surface area (Å²) in [5, 5.41) is 8.63. The van der Waals surface area contributed by atoms with Crippen molar-refractivity contribution in [3.63, 3.8) is 0 Å². The second-order valence-electron chi connectivity index (χ2n) is 1.34. The Hall–Kier alpha value is -0.136. The van der Waals surface area contributed by atoms with Gasteiger partial charge in [-0.05, 0) is 12.1 Å². The van der Waals surface area contributed by atoms with E-state index in [0.717, 1.165) is 0 Å². The predicted octanol–water partition coefficient (Wildman–Crippen LogP) is 1.39. The third-order valence-corrected chi connectivity index (χ3v) is 0.756. The van der Waals surface area contributed by atoms with Crippen LogP contribution in [-0.4, -0.2) is 5.11 Å². The second kappa shape index (κ2) is 5.99. The molecule has 0 aromatic heterocycles. The normalized spacial score (nSPS) is 6.67. The van der Waals surface area contributed by atoms with Gasteiger partial charge in [0.2, 0.25) is 0 Å². The van der Waals surface area contributed by atoms with Gasteiger partial charge in [-0.15, -0.1) is 0 Å². The van der Waals surface area contributed by atoms with Crippen LogP contribution in [0.15, 0.2) is 30.3 Å². The molecule has 0 aliphatic rings. The summed E-state index contributed by atoms with van der Waals surface area (Å²) in [5.41, 5.74) is 0. The van der Waals surface area contributed by atoms with Gasteiger partial charge in [0.15, 0.2) is 0 Å². The van der Waals surface area contributed by atoms with E-state index in [1.165, 1.54) is 0 Å². The van der Waals surface area contributed by atoms with Crippen molar-refractivity contribution in [1.29, 1.82) is 0 Å². The van der Waals surface area contributed by atoms with Crippen LogP contribution in [0, 0.1) is 0 Å². The quantitative estimate of drug-likeness (QED) is 0.605. The molecule has 0 bridgehead atoms. The molecule has 0 atom stereocenters. The predicted molar refractivity (Wildman–Crippen MR) is 35.5 cm³/mol. The van der Waals surface area contributed by atoms with E-state index in [1.54, 1.807) is 24.3 Å². The number of phenolic OH excluding ortho intramolecular Hbond substituents is 1. The number of rotatable bonds is 0. The Labute approximate surface area is 71.5 Å². The zero-order valence-electron chi connectivity index (χ0n) is 4.56. The number of hydrogen-bond acceptors (Lipinski definition) is 1. The number of para-hydroxylation sites is 1. The summed E-state index contributed by atoms with van der Waals surface area (Å²) in [4.78, 5) is 0. The summed E-state index contributed by atoms with van der Waals surface area (Å²) in [7, 11) is 0. The third-order valence-electron chi connectivity index (χ3n) is 0.756. The van der Waals surface area contributed by atoms with Crippen molar-refractivity contribution in [2.24, 2.45) is 0 Å². The number of benzene rings is 1. The Morgan fingerprint density at radius 2 is 1.44 bits per heavy atom. The molecule has 0 fully saturated rings. The summed E-state index contributed by atoms with van der Waals surface area (Å²) in [5.74, 6) is 0.322. The average Bonchev–Trinajstić information content (AvgIpc) is 1.69. The average molecular weight is 185 g/mol. The molecule has 1 N–H and O–H groups in total. The molecule has 0 unspecified atom stereocenters. The van der Waals surface area contributed by atoms with Crippen LogP contribution in [0.2, 0.25) is 0 Å². The molecular weight excluding hydrogens is 179 g/mol. The van der Waals surface area contributed by atoms with E-state index in [-0.39, 0.29) is 30.0 Å². The first kappa shape index (κ1) is 11.6. The first-order valence-electron chi connectivity index (χ1n) is 2.13. The summed E-state index contributed by atoms with van der Waals surface area (Å²) in [6, 6.07) is 8.71. The maximum atomic E-state index is 8.63. The van der Waals surface area contributed by atoms with E-state index in [9.17, 15) is 0 Å². The topological polar surface area (TPSA) is 20.2 Å². The van der Waals surface area contributed by atoms with Crippen LogP contribution in [0.25, 0.3) is 0 Å². The zero-order valence-corrected chi connectivity index (χ0v) is 6.36. The Balaban J connectivity index is 0. The summed E-state index contributed by atoms with van der Waals surface area (Å²) >= 11 is 0. The number of phenols is 1. The second-order valence-corrected chi connectivity index (χ2v) is 1.34. The molecular formula is C6H6NiOS. The standard InChI is InChI=1S/C6H6O.Ni.S/c7-6-4-2-1-3-5-6;;/h1-5,7H;;/q;+2;-2. The third kappa shape index (κ3) is 4.37. The first-order chi connectivity index (χ1) is 3.39. The minimum atomic E-state index is 0. The Bertz CT molecular complexity index is 143. The van der Waals surface area contributed by atoms with Gasteiger partial charge in [0.05, 0.1) is 0 Å². The van der Waals surface area contributed by atoms with Gasteiger partial charge in [-0.2, -0.15) is 0 Å². The van der Waals surface area contributed by atoms with E-state index < -0.39 is 0 Å². The van der Waals surface area contributed by atoms with Crippen LogP contribution >= 0.6 is 0 Å². The van der Waals surface area contributed by atoms with Gasteiger partial charge in [-0.1, -0.05) is 18.2 Å². The van der Waals surface area contributed by atoms with Gasteiger partial charge in [-0.25, -0.2) is 0 Å². The molecule has 1 rings (SSSR count). The van der Waals surface area contributed by atoms with Gasteiger partial charge in [0.1, 0.15) is 5.75 Å². The SMILES string of the molecule is Oc1ccccc1.[Ni+2].[S-2]. The van der Waals surface area contributed by atoms with Crippen molar-refractivity contribution >= 4 is 13.5 Å². The fourth-order valence-corrected chi connectivity index (χ4v) is 0.428. The molecule has 0 saturated heterocycles. The van der Waals surface area contributed by atoms with E-state index in [1.807, 2.05) is 6.07 Å². The zero-order chi connectivity index (χ0) is 5.11. The van der Waals surface area contributed by atoms with Crippen LogP contribution in [-0.2, 0) is 30.0 Å². The molecule has 52 valence electrons. The van der Waals surface area contributed by atoms with Gasteiger partial charge in [-0.3, -0.25) is 0 Å². The molecule has 1 aromatic carbocycles. The largest absolute Gasteiger partial charge is 2.00 e. The minimum absolute atomic E-state index is 0. The summed E-state index contributed by atoms with van der Waals surface area (Å²) in [6.07, 6.45) is 0. The van der Waals surface area contributed by atoms with Crippen molar-refractivity contribution in [2.45, 2.75) is 0 Å². The van der Waals surface area contributed by atoms with Gasteiger partial charge >= 0.3 is 16.5 Å². The van der Waals surface area contributed by atoms with E-state index in [4.69, 9.17) is 5.11 Å². The van der Waals surface area contributed by atoms with Crippen LogP contribution < -0.4 is 0 Å². The van der Waals surface area contributed by atoms with Crippen LogP contribution in [0.1, 0.15) is 0 Å². The molecule has 9 heavy (non-hydrogen) atoms. The van der Waals surface area contributed by atoms with E-state index >= 15 is 0 Å². The van der Waals surface area contributed by atoms with Crippen LogP contribution in [0.4, 0.5) is 0 Å². The minimum Gasteiger partial charge on any atom is -2.00 e. The van der Waals surface area contributed by atoms with Gasteiger partial charge < -0.3 is 18.6 Å². The van der Waals surface area contributed by atoms with E-state index in [2.05, 4.69) is 0 Å². The van der Waals surface area contributed by atoms with Gasteiger partial charge in [0.25, 0.3) is 0 Å². The van der Waals surface area contributed by atoms with Crippen molar-refractivity contribution in [3.8, 4) is 5.75 Å². The first-order valence-corrected chi connectivity index (χ1v) is 2.13. The van der Waals surface area contributed by atoms with Crippen LogP contribution in [0.5, 0.6) is 5.75 Å². The summed E-state index contributed by atoms with van der Waals surface area (Å²) in [6.45, 7) is 0. The van der Waals surface area contributed by atoms with E-state index in [0.29, 0.717) is 5.75 Å². The summed E-state index contributed by atoms with van der Waals surface area (Å²) < 4.78 is 0. The van der Waals surface area contributed by atoms with Gasteiger partial charge in [0, 0.05) is 0 Å². The molecule has 0 radical (unpaired) electrons. The molecule has 1 aromatic rings. The Kier molecular flexibility index (Phi) is 7.74. The molecule has 0 heterocycles. The van der Waals surface area contributed by atoms with Crippen molar-refractivity contribution < 1.29 is 21.6 Å². The maximum Gasteiger partial charge on any atom is 2.00 e. The molecule has 1 nitrogen and oxygen atoms in total. The smallest absolute Gasteiger partial charge is 2.00 e. The van der Waals surface area contributed by atoms with Crippen LogP contribution in [0.3, 0.4) is 0 Å². The molecule has 0 aliphatic heterocycles. The van der Waals surface area contributed by atoms with Crippen molar-refractivity contribution in [1.82, 2.24) is 0 Å². The fourth-order valence-electron chi connectivity index (χ4n) is 0.428. The molecule has 0 saturated carbocycles. The Morgan fingerprint density at radius 1 is 1.00 bits per heavy atom. The van der Waals surface area contributed by atoms with Crippen molar-refractivity contribution in [2.75, 3.05) is 0 Å². The molecule has 0 aliphatic carbocycles. The Morgan fingerprint density at radius 3 is 1.67 bits per heavy atom. The molecule has 0 amide bonds. The van der Waals surface area contributed by atoms with Crippen molar-refractivity contribution in [3.05, 3.63) is 30.3 Å². The fraction of sp³-hybridized carbons (Fsp3) is 0. The maximum absolute atomic E-state index is 8.63. The molecule has 3 heteroatoms. The molecule has 0 spiro atoms. The number of aromatic hydroxyl groups is 1.